The Balaban J connectivity index is 2.05. The Morgan fingerprint density at radius 1 is 1.26 bits per heavy atom. The minimum atomic E-state index is -0.837. The van der Waals surface area contributed by atoms with Crippen molar-refractivity contribution in [2.45, 2.75) is 6.10 Å². The fourth-order valence-corrected chi connectivity index (χ4v) is 1.90. The van der Waals surface area contributed by atoms with Crippen LogP contribution in [0.25, 0.3) is 22.3 Å². The molecule has 2 aromatic heterocycles. The predicted molar refractivity (Wildman–Crippen MR) is 71.1 cm³/mol. The van der Waals surface area contributed by atoms with E-state index in [1.54, 1.807) is 18.6 Å². The van der Waals surface area contributed by atoms with Crippen LogP contribution in [0.5, 0.6) is 0 Å². The molecule has 0 spiro atoms. The smallest absolute Gasteiger partial charge is 0.158 e. The van der Waals surface area contributed by atoms with Crippen molar-refractivity contribution in [3.63, 3.8) is 0 Å². The van der Waals surface area contributed by atoms with Crippen molar-refractivity contribution in [3.05, 3.63) is 42.6 Å². The fraction of sp³-hybridized carbons (Fsp3) is 0.154. The van der Waals surface area contributed by atoms with Crippen molar-refractivity contribution in [1.82, 2.24) is 19.9 Å². The van der Waals surface area contributed by atoms with E-state index >= 15 is 0 Å². The number of nitrogens with zero attached hydrogens (tertiary/aromatic N) is 3. The molecule has 0 radical (unpaired) electrons. The van der Waals surface area contributed by atoms with Crippen LogP contribution in [0.15, 0.2) is 36.8 Å². The van der Waals surface area contributed by atoms with Crippen molar-refractivity contribution in [2.24, 2.45) is 5.73 Å². The van der Waals surface area contributed by atoms with Gasteiger partial charge >= 0.3 is 0 Å². The molecule has 6 nitrogen and oxygen atoms in total. The Morgan fingerprint density at radius 3 is 3.00 bits per heavy atom. The zero-order valence-corrected chi connectivity index (χ0v) is 10.1. The first kappa shape index (κ1) is 11.8. The quantitative estimate of drug-likeness (QED) is 0.648. The van der Waals surface area contributed by atoms with Gasteiger partial charge in [0.1, 0.15) is 6.10 Å². The van der Waals surface area contributed by atoms with E-state index in [1.807, 2.05) is 18.2 Å². The first-order valence-electron chi connectivity index (χ1n) is 5.92. The van der Waals surface area contributed by atoms with Crippen molar-refractivity contribution < 1.29 is 5.11 Å². The van der Waals surface area contributed by atoms with Gasteiger partial charge in [-0.3, -0.25) is 0 Å². The van der Waals surface area contributed by atoms with E-state index in [4.69, 9.17) is 5.73 Å². The molecule has 0 fully saturated rings. The molecule has 0 saturated heterocycles. The molecule has 19 heavy (non-hydrogen) atoms. The Labute approximate surface area is 109 Å². The van der Waals surface area contributed by atoms with Crippen molar-refractivity contribution in [2.75, 3.05) is 6.54 Å². The number of hydrogen-bond donors (Lipinski definition) is 3. The van der Waals surface area contributed by atoms with Crippen LogP contribution in [0.3, 0.4) is 0 Å². The summed E-state index contributed by atoms with van der Waals surface area (Å²) < 4.78 is 0. The molecule has 3 aromatic rings. The highest BCUT2D eigenvalue weighted by Gasteiger charge is 2.10. The van der Waals surface area contributed by atoms with E-state index in [-0.39, 0.29) is 6.54 Å². The molecule has 1 aromatic carbocycles. The van der Waals surface area contributed by atoms with E-state index < -0.39 is 6.10 Å². The number of aliphatic hydroxyl groups excluding tert-OH is 1. The Hall–Kier alpha value is -2.31. The second-order valence-corrected chi connectivity index (χ2v) is 4.19. The lowest BCUT2D eigenvalue weighted by Gasteiger charge is -2.07. The SMILES string of the molecule is NCC(O)c1nccc(-c2ccc3nc[nH]c3c2)n1. The summed E-state index contributed by atoms with van der Waals surface area (Å²) in [6.07, 6.45) is 2.43. The van der Waals surface area contributed by atoms with Crippen LogP contribution >= 0.6 is 0 Å². The highest BCUT2D eigenvalue weighted by molar-refractivity contribution is 5.80. The number of aromatic nitrogens is 4. The van der Waals surface area contributed by atoms with E-state index in [0.717, 1.165) is 22.3 Å². The number of nitrogens with one attached hydrogen (secondary N) is 1. The zero-order chi connectivity index (χ0) is 13.2. The molecule has 1 atom stereocenters. The topological polar surface area (TPSA) is 101 Å². The molecule has 4 N–H and O–H groups in total. The van der Waals surface area contributed by atoms with Gasteiger partial charge < -0.3 is 15.8 Å². The second-order valence-electron chi connectivity index (χ2n) is 4.19. The number of benzene rings is 1. The third kappa shape index (κ3) is 2.18. The second kappa shape index (κ2) is 4.75. The summed E-state index contributed by atoms with van der Waals surface area (Å²) in [6.45, 7) is 0.100. The zero-order valence-electron chi connectivity index (χ0n) is 10.1. The number of H-pyrrole nitrogens is 1. The van der Waals surface area contributed by atoms with Crippen molar-refractivity contribution >= 4 is 11.0 Å². The van der Waals surface area contributed by atoms with Gasteiger partial charge in [0.15, 0.2) is 5.82 Å². The maximum absolute atomic E-state index is 9.67. The van der Waals surface area contributed by atoms with Crippen molar-refractivity contribution in [3.8, 4) is 11.3 Å². The first-order valence-corrected chi connectivity index (χ1v) is 5.92. The van der Waals surface area contributed by atoms with Gasteiger partial charge in [0.05, 0.1) is 23.1 Å². The summed E-state index contributed by atoms with van der Waals surface area (Å²) in [5.74, 6) is 0.338. The number of imidazole rings is 1. The van der Waals surface area contributed by atoms with Gasteiger partial charge in [-0.15, -0.1) is 0 Å². The van der Waals surface area contributed by atoms with Gasteiger partial charge in [-0.2, -0.15) is 0 Å². The van der Waals surface area contributed by atoms with Gasteiger partial charge in [0.25, 0.3) is 0 Å². The molecule has 0 saturated carbocycles. The Kier molecular flexibility index (Phi) is 2.94. The lowest BCUT2D eigenvalue weighted by atomic mass is 10.1. The molecule has 1 unspecified atom stereocenters. The maximum atomic E-state index is 9.67. The van der Waals surface area contributed by atoms with Gasteiger partial charge in [-0.25, -0.2) is 15.0 Å². The monoisotopic (exact) mass is 255 g/mol. The molecule has 0 bridgehead atoms. The number of aromatic amines is 1. The number of rotatable bonds is 3. The minimum absolute atomic E-state index is 0.100. The fourth-order valence-electron chi connectivity index (χ4n) is 1.90. The normalized spacial score (nSPS) is 12.7. The van der Waals surface area contributed by atoms with Crippen LogP contribution in [0.2, 0.25) is 0 Å². The van der Waals surface area contributed by atoms with Gasteiger partial charge in [0, 0.05) is 18.3 Å². The Morgan fingerprint density at radius 2 is 2.16 bits per heavy atom. The lowest BCUT2D eigenvalue weighted by Crippen LogP contribution is -2.14. The third-order valence-corrected chi connectivity index (χ3v) is 2.91. The molecule has 2 heterocycles. The highest BCUT2D eigenvalue weighted by Crippen LogP contribution is 2.21. The molecule has 6 heteroatoms. The largest absolute Gasteiger partial charge is 0.384 e. The first-order chi connectivity index (χ1) is 9.28. The van der Waals surface area contributed by atoms with E-state index in [2.05, 4.69) is 19.9 Å². The molecular weight excluding hydrogens is 242 g/mol. The predicted octanol–water partition coefficient (Wildman–Crippen LogP) is 1.01. The third-order valence-electron chi connectivity index (χ3n) is 2.91. The lowest BCUT2D eigenvalue weighted by molar-refractivity contribution is 0.176. The van der Waals surface area contributed by atoms with Crippen LogP contribution in [0.1, 0.15) is 11.9 Å². The van der Waals surface area contributed by atoms with Gasteiger partial charge in [-0.1, -0.05) is 6.07 Å². The van der Waals surface area contributed by atoms with E-state index in [1.165, 1.54) is 0 Å². The van der Waals surface area contributed by atoms with Crippen LogP contribution < -0.4 is 5.73 Å². The number of nitrogens with two attached hydrogens (primary N) is 1. The van der Waals surface area contributed by atoms with Crippen LogP contribution in [0, 0.1) is 0 Å². The van der Waals surface area contributed by atoms with E-state index in [9.17, 15) is 5.11 Å². The molecule has 0 aliphatic carbocycles. The summed E-state index contributed by atoms with van der Waals surface area (Å²) >= 11 is 0. The molecular formula is C13H13N5O. The van der Waals surface area contributed by atoms with E-state index in [0.29, 0.717) is 5.82 Å². The molecule has 3 rings (SSSR count). The van der Waals surface area contributed by atoms with Crippen molar-refractivity contribution in [1.29, 1.82) is 0 Å². The molecule has 0 aliphatic heterocycles. The summed E-state index contributed by atoms with van der Waals surface area (Å²) in [4.78, 5) is 15.6. The van der Waals surface area contributed by atoms with Crippen LogP contribution in [-0.4, -0.2) is 31.6 Å². The summed E-state index contributed by atoms with van der Waals surface area (Å²) in [5, 5.41) is 9.67. The molecule has 96 valence electrons. The maximum Gasteiger partial charge on any atom is 0.158 e. The Bertz CT molecular complexity index is 709. The van der Waals surface area contributed by atoms with Crippen LogP contribution in [0.4, 0.5) is 0 Å². The average Bonchev–Trinajstić information content (AvgIpc) is 2.94. The number of aliphatic hydroxyl groups is 1. The average molecular weight is 255 g/mol. The van der Waals surface area contributed by atoms with Crippen LogP contribution in [-0.2, 0) is 0 Å². The highest BCUT2D eigenvalue weighted by atomic mass is 16.3. The number of fused-ring (bicyclic) bond motifs is 1. The summed E-state index contributed by atoms with van der Waals surface area (Å²) in [5.41, 5.74) is 8.93. The molecule has 0 aliphatic rings. The molecule has 0 amide bonds. The minimum Gasteiger partial charge on any atom is -0.384 e. The standard InChI is InChI=1S/C13H13N5O/c14-6-12(19)13-15-4-3-9(18-13)8-1-2-10-11(5-8)17-7-16-10/h1-5,7,12,19H,6,14H2,(H,16,17). The van der Waals surface area contributed by atoms with Gasteiger partial charge in [0.2, 0.25) is 0 Å². The number of hydrogen-bond acceptors (Lipinski definition) is 5. The summed E-state index contributed by atoms with van der Waals surface area (Å²) in [6, 6.07) is 7.61. The van der Waals surface area contributed by atoms with Gasteiger partial charge in [-0.05, 0) is 18.2 Å². The summed E-state index contributed by atoms with van der Waals surface area (Å²) in [7, 11) is 0.